The first-order valence-electron chi connectivity index (χ1n) is 10.3. The molecule has 1 N–H and O–H groups in total. The Morgan fingerprint density at radius 2 is 1.86 bits per heavy atom. The van der Waals surface area contributed by atoms with Gasteiger partial charge < -0.3 is 10.1 Å². The molecule has 1 rings (SSSR count). The van der Waals surface area contributed by atoms with Gasteiger partial charge in [0.05, 0.1) is 13.2 Å². The van der Waals surface area contributed by atoms with Gasteiger partial charge >= 0.3 is 5.97 Å². The molecule has 158 valence electrons. The summed E-state index contributed by atoms with van der Waals surface area (Å²) in [7, 11) is 0. The molecule has 1 unspecified atom stereocenters. The summed E-state index contributed by atoms with van der Waals surface area (Å²) in [6.45, 7) is 17.9. The lowest BCUT2D eigenvalue weighted by Gasteiger charge is -2.17. The zero-order chi connectivity index (χ0) is 21.9. The Balaban J connectivity index is 2.70. The lowest BCUT2D eigenvalue weighted by molar-refractivity contribution is -0.140. The Labute approximate surface area is 175 Å². The van der Waals surface area contributed by atoms with Gasteiger partial charge in [0.25, 0.3) is 5.70 Å². The summed E-state index contributed by atoms with van der Waals surface area (Å²) in [5, 5.41) is 2.86. The fraction of sp³-hybridized carbons (Fsp3) is 0.542. The van der Waals surface area contributed by atoms with Crippen molar-refractivity contribution in [3.05, 3.63) is 46.9 Å². The van der Waals surface area contributed by atoms with Crippen LogP contribution in [0.15, 0.2) is 30.0 Å². The molecule has 0 aromatic heterocycles. The number of carbonyl (C=O) groups is 2. The van der Waals surface area contributed by atoms with Crippen LogP contribution >= 0.6 is 0 Å². The van der Waals surface area contributed by atoms with Gasteiger partial charge in [-0.3, -0.25) is 9.59 Å². The minimum atomic E-state index is -0.586. The molecule has 0 radical (unpaired) electrons. The molecule has 0 aliphatic carbocycles. The van der Waals surface area contributed by atoms with Crippen LogP contribution in [-0.4, -0.2) is 18.5 Å². The van der Waals surface area contributed by atoms with Crippen LogP contribution in [0.4, 0.5) is 5.69 Å². The lowest BCUT2D eigenvalue weighted by atomic mass is 9.92. The third-order valence-corrected chi connectivity index (χ3v) is 4.51. The number of unbranched alkanes of at least 4 members (excludes halogenated alkanes) is 1. The van der Waals surface area contributed by atoms with E-state index in [0.29, 0.717) is 30.2 Å². The molecule has 1 amide bonds. The number of esters is 1. The van der Waals surface area contributed by atoms with Crippen molar-refractivity contribution in [2.24, 2.45) is 11.3 Å². The van der Waals surface area contributed by atoms with Crippen LogP contribution in [0.1, 0.15) is 72.3 Å². The van der Waals surface area contributed by atoms with Crippen molar-refractivity contribution >= 4 is 23.6 Å². The van der Waals surface area contributed by atoms with Crippen LogP contribution in [0.25, 0.3) is 10.9 Å². The Kier molecular flexibility index (Phi) is 10.2. The standard InChI is InChI=1S/C24H34N2O3/c1-7-9-10-18(8-2)17-29-23(28)21(25-6)15-19-11-13-20(14-12-19)26-22(27)16-24(3,4)5/h11-15,18H,7-10,16-17H2,1-5H3,(H,26,27)/b21-15-. The highest BCUT2D eigenvalue weighted by molar-refractivity contribution is 5.96. The zero-order valence-electron chi connectivity index (χ0n) is 18.4. The van der Waals surface area contributed by atoms with Gasteiger partial charge in [-0.05, 0) is 41.5 Å². The summed E-state index contributed by atoms with van der Waals surface area (Å²) in [6.07, 6.45) is 6.15. The number of carbonyl (C=O) groups excluding carboxylic acids is 2. The molecule has 0 aliphatic rings. The molecule has 0 bridgehead atoms. The Hall–Kier alpha value is -2.61. The Morgan fingerprint density at radius 1 is 1.21 bits per heavy atom. The second-order valence-corrected chi connectivity index (χ2v) is 8.56. The van der Waals surface area contributed by atoms with E-state index in [1.54, 1.807) is 24.3 Å². The maximum absolute atomic E-state index is 12.3. The SMILES string of the molecule is [C-]#[N+]/C(=C\c1ccc(NC(=O)CC(C)(C)C)cc1)C(=O)OCC(CC)CCCC. The van der Waals surface area contributed by atoms with E-state index < -0.39 is 5.97 Å². The molecule has 0 aliphatic heterocycles. The average molecular weight is 399 g/mol. The monoisotopic (exact) mass is 398 g/mol. The minimum absolute atomic E-state index is 0.0418. The summed E-state index contributed by atoms with van der Waals surface area (Å²) < 4.78 is 5.36. The normalized spacial score (nSPS) is 12.8. The molecule has 1 aromatic rings. The average Bonchev–Trinajstić information content (AvgIpc) is 2.65. The van der Waals surface area contributed by atoms with E-state index in [9.17, 15) is 9.59 Å². The second-order valence-electron chi connectivity index (χ2n) is 8.56. The van der Waals surface area contributed by atoms with Crippen LogP contribution < -0.4 is 5.32 Å². The molecule has 0 fully saturated rings. The van der Waals surface area contributed by atoms with Gasteiger partial charge in [-0.2, -0.15) is 0 Å². The largest absolute Gasteiger partial charge is 0.470 e. The summed E-state index contributed by atoms with van der Waals surface area (Å²) in [5.41, 5.74) is 1.27. The number of nitrogens with zero attached hydrogens (tertiary/aromatic N) is 1. The van der Waals surface area contributed by atoms with Crippen LogP contribution in [0, 0.1) is 17.9 Å². The molecular weight excluding hydrogens is 364 g/mol. The number of nitrogens with one attached hydrogen (secondary N) is 1. The van der Waals surface area contributed by atoms with E-state index in [-0.39, 0.29) is 17.0 Å². The van der Waals surface area contributed by atoms with E-state index in [0.717, 1.165) is 25.7 Å². The van der Waals surface area contributed by atoms with Crippen molar-refractivity contribution in [2.45, 2.75) is 66.7 Å². The Morgan fingerprint density at radius 3 is 2.38 bits per heavy atom. The van der Waals surface area contributed by atoms with E-state index >= 15 is 0 Å². The van der Waals surface area contributed by atoms with Crippen molar-refractivity contribution in [1.29, 1.82) is 0 Å². The molecule has 0 heterocycles. The first kappa shape index (κ1) is 24.4. The summed E-state index contributed by atoms with van der Waals surface area (Å²) in [5.74, 6) is -0.292. The number of amides is 1. The highest BCUT2D eigenvalue weighted by atomic mass is 16.5. The molecule has 0 spiro atoms. The zero-order valence-corrected chi connectivity index (χ0v) is 18.4. The molecular formula is C24H34N2O3. The van der Waals surface area contributed by atoms with E-state index in [4.69, 9.17) is 11.3 Å². The maximum Gasteiger partial charge on any atom is 0.336 e. The van der Waals surface area contributed by atoms with Crippen molar-refractivity contribution in [2.75, 3.05) is 11.9 Å². The second kappa shape index (κ2) is 12.1. The summed E-state index contributed by atoms with van der Waals surface area (Å²) in [6, 6.07) is 7.05. The fourth-order valence-electron chi connectivity index (χ4n) is 2.81. The van der Waals surface area contributed by atoms with Gasteiger partial charge in [0.2, 0.25) is 5.91 Å². The van der Waals surface area contributed by atoms with Crippen LogP contribution in [-0.2, 0) is 14.3 Å². The van der Waals surface area contributed by atoms with Gasteiger partial charge in [-0.25, -0.2) is 4.85 Å². The molecule has 29 heavy (non-hydrogen) atoms. The molecule has 1 atom stereocenters. The van der Waals surface area contributed by atoms with Gasteiger partial charge in [0, 0.05) is 12.1 Å². The topological polar surface area (TPSA) is 59.8 Å². The van der Waals surface area contributed by atoms with E-state index in [2.05, 4.69) is 24.0 Å². The molecule has 5 nitrogen and oxygen atoms in total. The van der Waals surface area contributed by atoms with E-state index in [1.165, 1.54) is 6.08 Å². The van der Waals surface area contributed by atoms with Gasteiger partial charge in [-0.15, -0.1) is 0 Å². The van der Waals surface area contributed by atoms with Gasteiger partial charge in [0.1, 0.15) is 0 Å². The number of hydrogen-bond donors (Lipinski definition) is 1. The van der Waals surface area contributed by atoms with Crippen LogP contribution in [0.3, 0.4) is 0 Å². The minimum Gasteiger partial charge on any atom is -0.470 e. The quantitative estimate of drug-likeness (QED) is 0.295. The molecule has 5 heteroatoms. The van der Waals surface area contributed by atoms with Gasteiger partial charge in [0.15, 0.2) is 0 Å². The number of benzene rings is 1. The highest BCUT2D eigenvalue weighted by Crippen LogP contribution is 2.20. The van der Waals surface area contributed by atoms with Crippen molar-refractivity contribution < 1.29 is 14.3 Å². The third kappa shape index (κ3) is 9.94. The van der Waals surface area contributed by atoms with Crippen molar-refractivity contribution in [3.63, 3.8) is 0 Å². The third-order valence-electron chi connectivity index (χ3n) is 4.51. The first-order chi connectivity index (χ1) is 13.7. The summed E-state index contributed by atoms with van der Waals surface area (Å²) >= 11 is 0. The van der Waals surface area contributed by atoms with Crippen molar-refractivity contribution in [3.8, 4) is 0 Å². The smallest absolute Gasteiger partial charge is 0.336 e. The lowest BCUT2D eigenvalue weighted by Crippen LogP contribution is -2.19. The maximum atomic E-state index is 12.3. The number of ether oxygens (including phenoxy) is 1. The predicted molar refractivity (Wildman–Crippen MR) is 118 cm³/mol. The van der Waals surface area contributed by atoms with Crippen molar-refractivity contribution in [1.82, 2.24) is 0 Å². The molecule has 0 saturated heterocycles. The number of rotatable bonds is 10. The fourth-order valence-corrected chi connectivity index (χ4v) is 2.81. The number of hydrogen-bond acceptors (Lipinski definition) is 3. The molecule has 0 saturated carbocycles. The van der Waals surface area contributed by atoms with Crippen LogP contribution in [0.5, 0.6) is 0 Å². The molecule has 1 aromatic carbocycles. The Bertz CT molecular complexity index is 737. The summed E-state index contributed by atoms with van der Waals surface area (Å²) in [4.78, 5) is 27.6. The van der Waals surface area contributed by atoms with Gasteiger partial charge in [-0.1, -0.05) is 66.0 Å². The van der Waals surface area contributed by atoms with E-state index in [1.807, 2.05) is 20.8 Å². The number of anilines is 1. The first-order valence-corrected chi connectivity index (χ1v) is 10.3. The van der Waals surface area contributed by atoms with Crippen LogP contribution in [0.2, 0.25) is 0 Å². The predicted octanol–water partition coefficient (Wildman–Crippen LogP) is 6.08. The highest BCUT2D eigenvalue weighted by Gasteiger charge is 2.16.